The number of rotatable bonds is 2. The molecule has 0 aliphatic heterocycles. The van der Waals surface area contributed by atoms with Gasteiger partial charge in [0.1, 0.15) is 8.24 Å². The van der Waals surface area contributed by atoms with Gasteiger partial charge >= 0.3 is 0 Å². The Morgan fingerprint density at radius 3 is 1.40 bits per heavy atom. The maximum atomic E-state index is 2.63. The van der Waals surface area contributed by atoms with Crippen molar-refractivity contribution in [1.82, 2.24) is 4.23 Å². The molecule has 1 nitrogen and oxygen atoms in total. The molecular formula is C6H19LaNSi2. The van der Waals surface area contributed by atoms with Crippen molar-refractivity contribution in [1.29, 1.82) is 0 Å². The van der Waals surface area contributed by atoms with Crippen LogP contribution in [0.3, 0.4) is 0 Å². The molecule has 0 spiro atoms. The predicted octanol–water partition coefficient (Wildman–Crippen LogP) is 1.74. The van der Waals surface area contributed by atoms with Crippen molar-refractivity contribution in [3.05, 3.63) is 0 Å². The van der Waals surface area contributed by atoms with Crippen LogP contribution in [0.25, 0.3) is 0 Å². The van der Waals surface area contributed by atoms with Crippen LogP contribution in [-0.2, 0) is 0 Å². The first kappa shape index (κ1) is 14.1. The molecule has 0 saturated carbocycles. The van der Waals surface area contributed by atoms with Gasteiger partial charge in [-0.15, -0.1) is 0 Å². The van der Waals surface area contributed by atoms with Gasteiger partial charge in [0.25, 0.3) is 0 Å². The third-order valence-corrected chi connectivity index (χ3v) is 9.37. The molecule has 0 saturated heterocycles. The number of hydrogen-bond donors (Lipinski definition) is 0. The van der Waals surface area contributed by atoms with Gasteiger partial charge < -0.3 is 4.23 Å². The van der Waals surface area contributed by atoms with Crippen LogP contribution < -0.4 is 0 Å². The SMILES string of the molecule is CN([SiH](C)C)[Si](C)(C)C.[La]. The minimum atomic E-state index is -0.929. The van der Waals surface area contributed by atoms with Gasteiger partial charge in [0.05, 0.1) is 8.96 Å². The molecule has 0 aliphatic rings. The zero-order chi connectivity index (χ0) is 7.65. The summed E-state index contributed by atoms with van der Waals surface area (Å²) in [6.45, 7) is 12.0. The molecular weight excluding hydrogens is 281 g/mol. The second-order valence-corrected chi connectivity index (χ2v) is 12.4. The van der Waals surface area contributed by atoms with E-state index in [0.717, 1.165) is 0 Å². The van der Waals surface area contributed by atoms with E-state index >= 15 is 0 Å². The van der Waals surface area contributed by atoms with Crippen molar-refractivity contribution in [3.63, 3.8) is 0 Å². The topological polar surface area (TPSA) is 3.24 Å². The molecule has 1 radical (unpaired) electrons. The fourth-order valence-electron chi connectivity index (χ4n) is 0.775. The maximum absolute atomic E-state index is 2.63. The second kappa shape index (κ2) is 5.27. The zero-order valence-corrected chi connectivity index (χ0v) is 13.9. The molecule has 0 N–H and O–H groups in total. The average Bonchev–Trinajstić information content (AvgIpc) is 1.62. The monoisotopic (exact) mass is 300 g/mol. The van der Waals surface area contributed by atoms with Gasteiger partial charge in [0.15, 0.2) is 0 Å². The van der Waals surface area contributed by atoms with E-state index in [2.05, 4.69) is 44.0 Å². The second-order valence-electron chi connectivity index (χ2n) is 3.88. The van der Waals surface area contributed by atoms with Crippen LogP contribution in [-0.4, -0.2) is 28.5 Å². The molecule has 0 heterocycles. The summed E-state index contributed by atoms with van der Waals surface area (Å²) < 4.78 is 2.63. The Balaban J connectivity index is 0. The van der Waals surface area contributed by atoms with Gasteiger partial charge in [-0.1, -0.05) is 32.7 Å². The van der Waals surface area contributed by atoms with Crippen molar-refractivity contribution in [2.24, 2.45) is 0 Å². The predicted molar refractivity (Wildman–Crippen MR) is 50.0 cm³/mol. The van der Waals surface area contributed by atoms with Crippen LogP contribution in [0, 0.1) is 35.6 Å². The van der Waals surface area contributed by atoms with E-state index in [0.29, 0.717) is 0 Å². The summed E-state index contributed by atoms with van der Waals surface area (Å²) in [5.41, 5.74) is 0. The molecule has 0 aromatic heterocycles. The molecule has 0 aliphatic carbocycles. The summed E-state index contributed by atoms with van der Waals surface area (Å²) in [6, 6.07) is 0. The molecule has 0 rings (SSSR count). The summed E-state index contributed by atoms with van der Waals surface area (Å²) in [5, 5.41) is 0. The fraction of sp³-hybridized carbons (Fsp3) is 1.00. The first-order valence-electron chi connectivity index (χ1n) is 3.58. The van der Waals surface area contributed by atoms with Crippen LogP contribution in [0.4, 0.5) is 0 Å². The minimum Gasteiger partial charge on any atom is -0.351 e. The molecule has 10 heavy (non-hydrogen) atoms. The molecule has 0 aromatic carbocycles. The average molecular weight is 300 g/mol. The Labute approximate surface area is 95.9 Å². The Morgan fingerprint density at radius 2 is 1.40 bits per heavy atom. The van der Waals surface area contributed by atoms with Crippen LogP contribution >= 0.6 is 0 Å². The van der Waals surface area contributed by atoms with Crippen molar-refractivity contribution in [2.75, 3.05) is 7.05 Å². The van der Waals surface area contributed by atoms with Crippen LogP contribution in [0.1, 0.15) is 0 Å². The van der Waals surface area contributed by atoms with Crippen molar-refractivity contribution in [2.45, 2.75) is 32.7 Å². The van der Waals surface area contributed by atoms with E-state index in [4.69, 9.17) is 0 Å². The normalized spacial score (nSPS) is 12.0. The zero-order valence-electron chi connectivity index (χ0n) is 8.10. The fourth-order valence-corrected chi connectivity index (χ4v) is 6.97. The smallest absolute Gasteiger partial charge is 0.111 e. The first-order chi connectivity index (χ1) is 3.85. The molecule has 0 amide bonds. The van der Waals surface area contributed by atoms with Crippen molar-refractivity contribution in [3.8, 4) is 0 Å². The molecule has 0 fully saturated rings. The number of hydrogen-bond acceptors (Lipinski definition) is 1. The van der Waals surface area contributed by atoms with Gasteiger partial charge in [-0.2, -0.15) is 0 Å². The van der Waals surface area contributed by atoms with Gasteiger partial charge in [0.2, 0.25) is 0 Å². The Kier molecular flexibility index (Phi) is 7.45. The molecule has 4 heteroatoms. The summed E-state index contributed by atoms with van der Waals surface area (Å²) in [6.07, 6.45) is 0. The van der Waals surface area contributed by atoms with Crippen LogP contribution in [0.2, 0.25) is 32.7 Å². The van der Waals surface area contributed by atoms with E-state index in [9.17, 15) is 0 Å². The Bertz CT molecular complexity index is 90.2. The summed E-state index contributed by atoms with van der Waals surface area (Å²) in [7, 11) is 0.858. The summed E-state index contributed by atoms with van der Waals surface area (Å²) in [4.78, 5) is 0. The maximum Gasteiger partial charge on any atom is 0.111 e. The number of nitrogens with zero attached hydrogens (tertiary/aromatic N) is 1. The van der Waals surface area contributed by atoms with E-state index < -0.39 is 17.2 Å². The van der Waals surface area contributed by atoms with E-state index in [1.165, 1.54) is 0 Å². The van der Waals surface area contributed by atoms with Gasteiger partial charge in [-0.3, -0.25) is 0 Å². The van der Waals surface area contributed by atoms with Crippen molar-refractivity contribution >= 4 is 17.2 Å². The third-order valence-electron chi connectivity index (χ3n) is 1.83. The van der Waals surface area contributed by atoms with Gasteiger partial charge in [-0.05, 0) is 7.05 Å². The van der Waals surface area contributed by atoms with Crippen LogP contribution in [0.5, 0.6) is 0 Å². The molecule has 0 unspecified atom stereocenters. The molecule has 0 aromatic rings. The van der Waals surface area contributed by atoms with Gasteiger partial charge in [-0.25, -0.2) is 0 Å². The third kappa shape index (κ3) is 5.27. The Morgan fingerprint density at radius 1 is 1.10 bits per heavy atom. The van der Waals surface area contributed by atoms with E-state index in [-0.39, 0.29) is 35.6 Å². The van der Waals surface area contributed by atoms with Crippen molar-refractivity contribution < 1.29 is 35.6 Å². The standard InChI is InChI=1S/C6H19NSi2.La/c1-7(8(2)3)9(4,5)6;/h8H,1-6H3;. The minimum absolute atomic E-state index is 0. The summed E-state index contributed by atoms with van der Waals surface area (Å²) >= 11 is 0. The summed E-state index contributed by atoms with van der Waals surface area (Å²) in [5.74, 6) is 0. The van der Waals surface area contributed by atoms with E-state index in [1.807, 2.05) is 0 Å². The molecule has 0 bridgehead atoms. The molecule has 59 valence electrons. The first-order valence-corrected chi connectivity index (χ1v) is 9.86. The largest absolute Gasteiger partial charge is 0.351 e. The van der Waals surface area contributed by atoms with E-state index in [1.54, 1.807) is 0 Å². The molecule has 0 atom stereocenters. The quantitative estimate of drug-likeness (QED) is 0.702. The van der Waals surface area contributed by atoms with Gasteiger partial charge in [0, 0.05) is 35.6 Å². The Hall–Kier alpha value is 1.59. The van der Waals surface area contributed by atoms with Crippen LogP contribution in [0.15, 0.2) is 0 Å².